The zero-order chi connectivity index (χ0) is 15.2. The highest BCUT2D eigenvalue weighted by molar-refractivity contribution is 7.88. The molecule has 2 heterocycles. The Hall–Kier alpha value is -1.93. The SMILES string of the molecule is CS(=O)(=O)NC1CC2C(=O)Nc3ccccc3C(=O)N2C1. The molecule has 2 atom stereocenters. The van der Waals surface area contributed by atoms with Gasteiger partial charge in [-0.1, -0.05) is 12.1 Å². The summed E-state index contributed by atoms with van der Waals surface area (Å²) in [6, 6.07) is 5.72. The van der Waals surface area contributed by atoms with Crippen LogP contribution in [0.1, 0.15) is 16.8 Å². The number of carbonyl (C=O) groups excluding carboxylic acids is 2. The number of sulfonamides is 1. The molecule has 0 spiro atoms. The fraction of sp³-hybridized carbons (Fsp3) is 0.385. The van der Waals surface area contributed by atoms with Gasteiger partial charge in [-0.25, -0.2) is 13.1 Å². The van der Waals surface area contributed by atoms with Crippen molar-refractivity contribution in [2.75, 3.05) is 18.1 Å². The van der Waals surface area contributed by atoms with Crippen LogP contribution in [0.4, 0.5) is 5.69 Å². The molecule has 0 aromatic heterocycles. The number of nitrogens with one attached hydrogen (secondary N) is 2. The molecule has 2 N–H and O–H groups in total. The summed E-state index contributed by atoms with van der Waals surface area (Å²) >= 11 is 0. The van der Waals surface area contributed by atoms with E-state index in [0.717, 1.165) is 6.26 Å². The van der Waals surface area contributed by atoms with E-state index < -0.39 is 22.1 Å². The Morgan fingerprint density at radius 2 is 2.00 bits per heavy atom. The summed E-state index contributed by atoms with van der Waals surface area (Å²) in [7, 11) is -3.37. The van der Waals surface area contributed by atoms with Gasteiger partial charge in [0.1, 0.15) is 6.04 Å². The minimum absolute atomic E-state index is 0.193. The van der Waals surface area contributed by atoms with Crippen molar-refractivity contribution in [1.29, 1.82) is 0 Å². The normalized spacial score (nSPS) is 25.1. The maximum Gasteiger partial charge on any atom is 0.256 e. The van der Waals surface area contributed by atoms with Crippen molar-refractivity contribution in [3.8, 4) is 0 Å². The molecule has 1 aromatic carbocycles. The lowest BCUT2D eigenvalue weighted by Crippen LogP contribution is -2.41. The van der Waals surface area contributed by atoms with E-state index in [-0.39, 0.29) is 24.8 Å². The molecule has 2 amide bonds. The molecule has 7 nitrogen and oxygen atoms in total. The molecule has 2 aliphatic heterocycles. The van der Waals surface area contributed by atoms with Crippen LogP contribution in [0.2, 0.25) is 0 Å². The van der Waals surface area contributed by atoms with E-state index in [1.54, 1.807) is 24.3 Å². The first-order valence-corrected chi connectivity index (χ1v) is 8.42. The number of benzene rings is 1. The van der Waals surface area contributed by atoms with Gasteiger partial charge in [-0.15, -0.1) is 0 Å². The maximum atomic E-state index is 12.5. The maximum absolute atomic E-state index is 12.5. The van der Waals surface area contributed by atoms with Gasteiger partial charge in [0.05, 0.1) is 17.5 Å². The first kappa shape index (κ1) is 14.0. The molecule has 0 radical (unpaired) electrons. The van der Waals surface area contributed by atoms with Crippen molar-refractivity contribution in [2.45, 2.75) is 18.5 Å². The highest BCUT2D eigenvalue weighted by Gasteiger charge is 2.43. The van der Waals surface area contributed by atoms with E-state index in [0.29, 0.717) is 11.3 Å². The Balaban J connectivity index is 1.92. The lowest BCUT2D eigenvalue weighted by Gasteiger charge is -2.19. The molecule has 21 heavy (non-hydrogen) atoms. The molecule has 3 rings (SSSR count). The fourth-order valence-corrected chi connectivity index (χ4v) is 3.62. The van der Waals surface area contributed by atoms with E-state index >= 15 is 0 Å². The minimum atomic E-state index is -3.37. The zero-order valence-corrected chi connectivity index (χ0v) is 12.2. The fourth-order valence-electron chi connectivity index (χ4n) is 2.85. The number of carbonyl (C=O) groups is 2. The molecule has 8 heteroatoms. The van der Waals surface area contributed by atoms with Gasteiger partial charge in [0.2, 0.25) is 15.9 Å². The van der Waals surface area contributed by atoms with Crippen LogP contribution in [0.3, 0.4) is 0 Å². The monoisotopic (exact) mass is 309 g/mol. The average molecular weight is 309 g/mol. The molecule has 1 aromatic rings. The molecule has 112 valence electrons. The topological polar surface area (TPSA) is 95.6 Å². The van der Waals surface area contributed by atoms with Crippen LogP contribution in [0.15, 0.2) is 24.3 Å². The van der Waals surface area contributed by atoms with E-state index in [1.807, 2.05) is 0 Å². The number of amides is 2. The number of rotatable bonds is 2. The number of hydrogen-bond acceptors (Lipinski definition) is 4. The van der Waals surface area contributed by atoms with Crippen molar-refractivity contribution >= 4 is 27.5 Å². The average Bonchev–Trinajstić information content (AvgIpc) is 2.76. The summed E-state index contributed by atoms with van der Waals surface area (Å²) in [5, 5.41) is 2.73. The van der Waals surface area contributed by atoms with Gasteiger partial charge in [0.25, 0.3) is 5.91 Å². The molecule has 0 saturated carbocycles. The van der Waals surface area contributed by atoms with Crippen LogP contribution in [-0.2, 0) is 14.8 Å². The largest absolute Gasteiger partial charge is 0.325 e. The molecular formula is C13H15N3O4S. The van der Waals surface area contributed by atoms with Gasteiger partial charge in [0.15, 0.2) is 0 Å². The third kappa shape index (κ3) is 2.64. The predicted octanol–water partition coefficient (Wildman–Crippen LogP) is -0.229. The van der Waals surface area contributed by atoms with Crippen LogP contribution in [0.5, 0.6) is 0 Å². The Morgan fingerprint density at radius 1 is 1.29 bits per heavy atom. The second-order valence-corrected chi connectivity index (χ2v) is 7.11. The molecular weight excluding hydrogens is 294 g/mol. The highest BCUT2D eigenvalue weighted by Crippen LogP contribution is 2.28. The smallest absolute Gasteiger partial charge is 0.256 e. The second kappa shape index (κ2) is 4.81. The van der Waals surface area contributed by atoms with Gasteiger partial charge >= 0.3 is 0 Å². The molecule has 0 bridgehead atoms. The number of fused-ring (bicyclic) bond motifs is 2. The van der Waals surface area contributed by atoms with Gasteiger partial charge in [-0.05, 0) is 18.6 Å². The third-order valence-corrected chi connectivity index (χ3v) is 4.42. The first-order chi connectivity index (χ1) is 9.85. The third-order valence-electron chi connectivity index (χ3n) is 3.66. The summed E-state index contributed by atoms with van der Waals surface area (Å²) in [5.41, 5.74) is 0.919. The van der Waals surface area contributed by atoms with Crippen molar-refractivity contribution in [1.82, 2.24) is 9.62 Å². The lowest BCUT2D eigenvalue weighted by atomic mass is 10.1. The number of hydrogen-bond donors (Lipinski definition) is 2. The summed E-state index contributed by atoms with van der Waals surface area (Å²) in [6.07, 6.45) is 1.34. The van der Waals surface area contributed by atoms with Crippen molar-refractivity contribution < 1.29 is 18.0 Å². The number of anilines is 1. The Bertz CT molecular complexity index is 716. The van der Waals surface area contributed by atoms with Crippen molar-refractivity contribution in [2.24, 2.45) is 0 Å². The quantitative estimate of drug-likeness (QED) is 0.789. The summed E-state index contributed by atoms with van der Waals surface area (Å²) in [5.74, 6) is -0.544. The minimum Gasteiger partial charge on any atom is -0.325 e. The van der Waals surface area contributed by atoms with E-state index in [4.69, 9.17) is 0 Å². The van der Waals surface area contributed by atoms with Gasteiger partial charge < -0.3 is 10.2 Å². The van der Waals surface area contributed by atoms with Crippen molar-refractivity contribution in [3.63, 3.8) is 0 Å². The molecule has 0 aliphatic carbocycles. The van der Waals surface area contributed by atoms with Crippen LogP contribution < -0.4 is 10.0 Å². The van der Waals surface area contributed by atoms with Gasteiger partial charge in [-0.2, -0.15) is 0 Å². The highest BCUT2D eigenvalue weighted by atomic mass is 32.2. The summed E-state index contributed by atoms with van der Waals surface area (Å²) in [4.78, 5) is 26.2. The zero-order valence-electron chi connectivity index (χ0n) is 11.4. The first-order valence-electron chi connectivity index (χ1n) is 6.53. The Kier molecular flexibility index (Phi) is 3.22. The second-order valence-electron chi connectivity index (χ2n) is 5.33. The lowest BCUT2D eigenvalue weighted by molar-refractivity contribution is -0.119. The van der Waals surface area contributed by atoms with Crippen LogP contribution in [0, 0.1) is 0 Å². The van der Waals surface area contributed by atoms with E-state index in [2.05, 4.69) is 10.0 Å². The van der Waals surface area contributed by atoms with E-state index in [1.165, 1.54) is 4.90 Å². The van der Waals surface area contributed by atoms with Crippen LogP contribution >= 0.6 is 0 Å². The predicted molar refractivity (Wildman–Crippen MR) is 76.3 cm³/mol. The number of nitrogens with zero attached hydrogens (tertiary/aromatic N) is 1. The Labute approximate surface area is 122 Å². The number of para-hydroxylation sites is 1. The molecule has 2 aliphatic rings. The van der Waals surface area contributed by atoms with E-state index in [9.17, 15) is 18.0 Å². The molecule has 2 unspecified atom stereocenters. The van der Waals surface area contributed by atoms with Crippen LogP contribution in [0.25, 0.3) is 0 Å². The molecule has 1 fully saturated rings. The summed E-state index contributed by atoms with van der Waals surface area (Å²) in [6.45, 7) is 0.193. The molecule has 1 saturated heterocycles. The van der Waals surface area contributed by atoms with Gasteiger partial charge in [0, 0.05) is 12.6 Å². The van der Waals surface area contributed by atoms with Crippen molar-refractivity contribution in [3.05, 3.63) is 29.8 Å². The summed E-state index contributed by atoms with van der Waals surface area (Å²) < 4.78 is 25.1. The standard InChI is InChI=1S/C13H15N3O4S/c1-21(19,20)15-8-6-11-12(17)14-10-5-3-2-4-9(10)13(18)16(11)7-8/h2-5,8,11,15H,6-7H2,1H3,(H,14,17). The van der Waals surface area contributed by atoms with Crippen LogP contribution in [-0.4, -0.2) is 50.0 Å². The Morgan fingerprint density at radius 3 is 2.71 bits per heavy atom. The van der Waals surface area contributed by atoms with Gasteiger partial charge in [-0.3, -0.25) is 9.59 Å².